The van der Waals surface area contributed by atoms with Gasteiger partial charge in [-0.1, -0.05) is 24.3 Å². The fraction of sp³-hybridized carbons (Fsp3) is 0.233. The summed E-state index contributed by atoms with van der Waals surface area (Å²) in [4.78, 5) is 65.1. The Labute approximate surface area is 269 Å². The zero-order valence-electron chi connectivity index (χ0n) is 24.5. The smallest absolute Gasteiger partial charge is 0.332 e. The van der Waals surface area contributed by atoms with Crippen molar-refractivity contribution >= 4 is 29.7 Å². The van der Waals surface area contributed by atoms with E-state index in [-0.39, 0.29) is 5.56 Å². The Morgan fingerprint density at radius 3 is 1.42 bits per heavy atom. The third-order valence-corrected chi connectivity index (χ3v) is 6.86. The molecule has 3 aromatic rings. The molecule has 0 bridgehead atoms. The number of hydrogen-bond donors (Lipinski definition) is 10. The number of cyclic esters (lactones) is 3. The van der Waals surface area contributed by atoms with Crippen molar-refractivity contribution in [1.82, 2.24) is 16.0 Å². The van der Waals surface area contributed by atoms with E-state index in [1.165, 1.54) is 24.3 Å². The lowest BCUT2D eigenvalue weighted by molar-refractivity contribution is -0.161. The molecule has 4 rings (SSSR count). The number of aliphatic hydroxyl groups excluding tert-OH is 1. The van der Waals surface area contributed by atoms with Crippen molar-refractivity contribution in [1.29, 1.82) is 0 Å². The Morgan fingerprint density at radius 2 is 0.958 bits per heavy atom. The Kier molecular flexibility index (Phi) is 10.7. The highest BCUT2D eigenvalue weighted by Gasteiger charge is 2.35. The number of para-hydroxylation sites is 3. The molecular weight excluding hydrogens is 642 g/mol. The summed E-state index contributed by atoms with van der Waals surface area (Å²) in [6, 6.07) is 5.04. The van der Waals surface area contributed by atoms with Crippen molar-refractivity contribution in [3.63, 3.8) is 0 Å². The SMILES string of the molecule is O=C(NC1COC(=O)C(NC(=O)c2cccc(O)c2O)COC(=O)C(NC(O)c2cccc(O)c2O)COC1=O)c1cccc(O)c1O. The molecule has 1 heterocycles. The standard InChI is InChI=1S/C30H29N3O15/c34-19-7-1-4-13(22(19)37)25(40)31-16-10-46-29(44)18(33-27(42)15-6-3-9-21(36)24(15)39)12-48-30(45)17(11-47-28(16)43)32-26(41)14-5-2-8-20(35)23(14)38/h1-9,16-18,25,31,34-40H,10-12H2,(H,32,41)(H,33,42). The van der Waals surface area contributed by atoms with Gasteiger partial charge in [0.05, 0.1) is 11.1 Å². The first-order chi connectivity index (χ1) is 22.8. The third-order valence-electron chi connectivity index (χ3n) is 6.86. The molecule has 3 aromatic carbocycles. The second kappa shape index (κ2) is 14.9. The lowest BCUT2D eigenvalue weighted by atomic mass is 10.1. The van der Waals surface area contributed by atoms with Gasteiger partial charge in [-0.25, -0.2) is 9.59 Å². The number of ether oxygens (including phenoxy) is 3. The minimum atomic E-state index is -1.88. The van der Waals surface area contributed by atoms with E-state index in [0.717, 1.165) is 30.3 Å². The van der Waals surface area contributed by atoms with Crippen LogP contribution < -0.4 is 16.0 Å². The first kappa shape index (κ1) is 34.6. The summed E-state index contributed by atoms with van der Waals surface area (Å²) in [7, 11) is 0. The summed E-state index contributed by atoms with van der Waals surface area (Å²) in [6.45, 7) is -2.74. The Balaban J connectivity index is 1.62. The molecule has 1 aliphatic heterocycles. The van der Waals surface area contributed by atoms with E-state index in [1.807, 2.05) is 0 Å². The summed E-state index contributed by atoms with van der Waals surface area (Å²) in [5, 5.41) is 76.9. The molecule has 18 nitrogen and oxygen atoms in total. The molecule has 0 aromatic heterocycles. The maximum Gasteiger partial charge on any atom is 0.332 e. The number of carbonyl (C=O) groups is 5. The van der Waals surface area contributed by atoms with Crippen molar-refractivity contribution in [2.75, 3.05) is 19.8 Å². The fourth-order valence-electron chi connectivity index (χ4n) is 4.27. The number of nitrogens with one attached hydrogen (secondary N) is 3. The third kappa shape index (κ3) is 7.92. The van der Waals surface area contributed by atoms with E-state index in [2.05, 4.69) is 16.0 Å². The van der Waals surface area contributed by atoms with Gasteiger partial charge in [-0.15, -0.1) is 0 Å². The summed E-state index contributed by atoms with van der Waals surface area (Å²) in [5.74, 6) is -10.4. The number of rotatable bonds is 7. The predicted molar refractivity (Wildman–Crippen MR) is 157 cm³/mol. The highest BCUT2D eigenvalue weighted by Crippen LogP contribution is 2.32. The zero-order valence-corrected chi connectivity index (χ0v) is 24.5. The average molecular weight is 672 g/mol. The number of aromatic hydroxyl groups is 6. The van der Waals surface area contributed by atoms with Gasteiger partial charge in [0.15, 0.2) is 46.6 Å². The van der Waals surface area contributed by atoms with E-state index < -0.39 is 120 Å². The van der Waals surface area contributed by atoms with Gasteiger partial charge in [-0.05, 0) is 30.3 Å². The van der Waals surface area contributed by atoms with Crippen LogP contribution in [0.15, 0.2) is 54.6 Å². The number of esters is 3. The number of aliphatic hydroxyl groups is 1. The van der Waals surface area contributed by atoms with Crippen molar-refractivity contribution in [3.8, 4) is 34.5 Å². The molecule has 48 heavy (non-hydrogen) atoms. The summed E-state index contributed by atoms with van der Waals surface area (Å²) in [5.41, 5.74) is -1.25. The number of benzene rings is 3. The lowest BCUT2D eigenvalue weighted by Crippen LogP contribution is -2.52. The summed E-state index contributed by atoms with van der Waals surface area (Å²) in [6.07, 6.45) is -1.88. The topological polar surface area (TPSA) is 291 Å². The molecule has 0 aliphatic carbocycles. The van der Waals surface area contributed by atoms with Crippen LogP contribution in [-0.4, -0.2) is 103 Å². The van der Waals surface area contributed by atoms with Crippen LogP contribution in [0.1, 0.15) is 32.5 Å². The number of amides is 2. The molecule has 0 radical (unpaired) electrons. The highest BCUT2D eigenvalue weighted by molar-refractivity contribution is 6.00. The second-order valence-electron chi connectivity index (χ2n) is 10.1. The average Bonchev–Trinajstić information content (AvgIpc) is 3.05. The zero-order chi connectivity index (χ0) is 35.1. The Morgan fingerprint density at radius 1 is 0.583 bits per heavy atom. The van der Waals surface area contributed by atoms with Crippen LogP contribution in [0, 0.1) is 0 Å². The molecule has 1 fully saturated rings. The lowest BCUT2D eigenvalue weighted by Gasteiger charge is -2.26. The van der Waals surface area contributed by atoms with Gasteiger partial charge in [0.25, 0.3) is 11.8 Å². The van der Waals surface area contributed by atoms with Crippen LogP contribution in [0.3, 0.4) is 0 Å². The first-order valence-corrected chi connectivity index (χ1v) is 13.9. The van der Waals surface area contributed by atoms with Crippen LogP contribution in [0.5, 0.6) is 34.5 Å². The second-order valence-corrected chi connectivity index (χ2v) is 10.1. The fourth-order valence-corrected chi connectivity index (χ4v) is 4.27. The van der Waals surface area contributed by atoms with Crippen molar-refractivity contribution < 1.29 is 73.9 Å². The van der Waals surface area contributed by atoms with Crippen molar-refractivity contribution in [2.45, 2.75) is 24.4 Å². The Hall–Kier alpha value is -6.27. The normalized spacial score (nSPS) is 19.4. The number of hydrogen-bond acceptors (Lipinski definition) is 16. The van der Waals surface area contributed by atoms with Crippen LogP contribution in [-0.2, 0) is 28.6 Å². The molecule has 0 spiro atoms. The van der Waals surface area contributed by atoms with Crippen LogP contribution in [0.2, 0.25) is 0 Å². The highest BCUT2D eigenvalue weighted by atomic mass is 16.6. The van der Waals surface area contributed by atoms with Gasteiger partial charge in [0.2, 0.25) is 0 Å². The maximum absolute atomic E-state index is 13.1. The molecule has 0 saturated carbocycles. The van der Waals surface area contributed by atoms with Crippen molar-refractivity contribution in [3.05, 3.63) is 71.3 Å². The van der Waals surface area contributed by atoms with E-state index >= 15 is 0 Å². The van der Waals surface area contributed by atoms with Gasteiger partial charge in [-0.3, -0.25) is 19.7 Å². The van der Waals surface area contributed by atoms with E-state index in [9.17, 15) is 59.7 Å². The van der Waals surface area contributed by atoms with Gasteiger partial charge < -0.3 is 60.6 Å². The molecule has 4 atom stereocenters. The van der Waals surface area contributed by atoms with Crippen LogP contribution in [0.25, 0.3) is 0 Å². The molecule has 2 amide bonds. The quantitative estimate of drug-likeness (QED) is 0.0631. The largest absolute Gasteiger partial charge is 0.504 e. The molecule has 4 unspecified atom stereocenters. The van der Waals surface area contributed by atoms with Gasteiger partial charge in [-0.2, -0.15) is 0 Å². The molecule has 1 aliphatic rings. The van der Waals surface area contributed by atoms with Gasteiger partial charge in [0, 0.05) is 5.56 Å². The van der Waals surface area contributed by atoms with Crippen LogP contribution in [0.4, 0.5) is 0 Å². The van der Waals surface area contributed by atoms with E-state index in [1.54, 1.807) is 0 Å². The Bertz CT molecular complexity index is 1670. The predicted octanol–water partition coefficient (Wildman–Crippen LogP) is -0.890. The monoisotopic (exact) mass is 671 g/mol. The number of phenols is 6. The molecule has 254 valence electrons. The molecule has 10 N–H and O–H groups in total. The minimum absolute atomic E-state index is 0.295. The molecule has 18 heteroatoms. The van der Waals surface area contributed by atoms with Gasteiger partial charge >= 0.3 is 17.9 Å². The van der Waals surface area contributed by atoms with E-state index in [0.29, 0.717) is 0 Å². The summed E-state index contributed by atoms with van der Waals surface area (Å²) < 4.78 is 15.4. The van der Waals surface area contributed by atoms with Crippen LogP contribution >= 0.6 is 0 Å². The number of carbonyl (C=O) groups excluding carboxylic acids is 5. The molecule has 1 saturated heterocycles. The maximum atomic E-state index is 13.1. The van der Waals surface area contributed by atoms with E-state index in [4.69, 9.17) is 14.2 Å². The minimum Gasteiger partial charge on any atom is -0.504 e. The summed E-state index contributed by atoms with van der Waals surface area (Å²) >= 11 is 0. The molecular formula is C30H29N3O15. The van der Waals surface area contributed by atoms with Gasteiger partial charge in [0.1, 0.15) is 32.1 Å². The van der Waals surface area contributed by atoms with Crippen molar-refractivity contribution in [2.24, 2.45) is 0 Å². The first-order valence-electron chi connectivity index (χ1n) is 13.9. The number of phenolic OH excluding ortho intramolecular Hbond substituents is 6.